The van der Waals surface area contributed by atoms with Gasteiger partial charge in [0.25, 0.3) is 0 Å². The monoisotopic (exact) mass is 378 g/mol. The molecule has 0 aromatic carbocycles. The maximum atomic E-state index is 11.1. The summed E-state index contributed by atoms with van der Waals surface area (Å²) in [5, 5.41) is 24.0. The molecule has 26 heavy (non-hydrogen) atoms. The number of nitrogens with zero attached hydrogens (tertiary/aromatic N) is 3. The number of carboxylic acid groups (broad SMARTS) is 1. The van der Waals surface area contributed by atoms with Gasteiger partial charge in [0.1, 0.15) is 10.0 Å². The van der Waals surface area contributed by atoms with Gasteiger partial charge >= 0.3 is 5.97 Å². The summed E-state index contributed by atoms with van der Waals surface area (Å²) >= 11 is 1.79. The second kappa shape index (κ2) is 8.31. The highest BCUT2D eigenvalue weighted by Crippen LogP contribution is 2.39. The summed E-state index contributed by atoms with van der Waals surface area (Å²) in [6.45, 7) is 4.70. The van der Waals surface area contributed by atoms with E-state index in [4.69, 9.17) is 5.11 Å². The highest BCUT2D eigenvalue weighted by Gasteiger charge is 2.31. The van der Waals surface area contributed by atoms with Crippen molar-refractivity contribution in [2.75, 3.05) is 26.2 Å². The van der Waals surface area contributed by atoms with E-state index in [1.54, 1.807) is 11.3 Å². The Kier molecular flexibility index (Phi) is 5.86. The Morgan fingerprint density at radius 2 is 1.50 bits per heavy atom. The van der Waals surface area contributed by atoms with E-state index in [0.717, 1.165) is 49.8 Å². The fraction of sp³-hybridized carbons (Fsp3) is 0.842. The number of piperidine rings is 2. The third kappa shape index (κ3) is 4.10. The Morgan fingerprint density at radius 1 is 0.923 bits per heavy atom. The minimum absolute atomic E-state index is 0.155. The van der Waals surface area contributed by atoms with E-state index in [2.05, 4.69) is 20.4 Å². The van der Waals surface area contributed by atoms with Gasteiger partial charge in [-0.2, -0.15) is 0 Å². The second-order valence-electron chi connectivity index (χ2n) is 8.16. The molecule has 3 aliphatic rings. The van der Waals surface area contributed by atoms with Gasteiger partial charge in [-0.3, -0.25) is 4.79 Å². The molecular weight excluding hydrogens is 348 g/mol. The molecule has 0 spiro atoms. The zero-order chi connectivity index (χ0) is 17.9. The molecule has 0 unspecified atom stereocenters. The zero-order valence-corrected chi connectivity index (χ0v) is 16.2. The van der Waals surface area contributed by atoms with Crippen LogP contribution in [0.5, 0.6) is 0 Å². The number of carboxylic acids is 1. The molecular formula is C19H30N4O2S. The van der Waals surface area contributed by atoms with E-state index in [1.165, 1.54) is 43.8 Å². The van der Waals surface area contributed by atoms with Crippen molar-refractivity contribution in [1.82, 2.24) is 20.4 Å². The van der Waals surface area contributed by atoms with Crippen LogP contribution in [0.2, 0.25) is 0 Å². The minimum atomic E-state index is -0.637. The Bertz CT molecular complexity index is 600. The zero-order valence-electron chi connectivity index (χ0n) is 15.4. The van der Waals surface area contributed by atoms with E-state index in [9.17, 15) is 4.79 Å². The fourth-order valence-corrected chi connectivity index (χ4v) is 6.03. The van der Waals surface area contributed by atoms with E-state index < -0.39 is 5.97 Å². The van der Waals surface area contributed by atoms with Crippen LogP contribution in [0.4, 0.5) is 0 Å². The lowest BCUT2D eigenvalue weighted by Crippen LogP contribution is -2.46. The van der Waals surface area contributed by atoms with Crippen molar-refractivity contribution in [3.63, 3.8) is 0 Å². The van der Waals surface area contributed by atoms with Crippen molar-refractivity contribution in [2.45, 2.75) is 69.2 Å². The lowest BCUT2D eigenvalue weighted by atomic mass is 9.82. The molecule has 4 rings (SSSR count). The van der Waals surface area contributed by atoms with Crippen molar-refractivity contribution in [3.05, 3.63) is 10.0 Å². The molecule has 3 heterocycles. The van der Waals surface area contributed by atoms with Gasteiger partial charge in [0.05, 0.1) is 5.92 Å². The maximum absolute atomic E-state index is 11.1. The number of hydrogen-bond acceptors (Lipinski definition) is 6. The molecule has 2 N–H and O–H groups in total. The van der Waals surface area contributed by atoms with Gasteiger partial charge in [-0.25, -0.2) is 0 Å². The van der Waals surface area contributed by atoms with E-state index in [0.29, 0.717) is 11.8 Å². The summed E-state index contributed by atoms with van der Waals surface area (Å²) in [6.07, 6.45) is 8.42. The molecule has 0 atom stereocenters. The summed E-state index contributed by atoms with van der Waals surface area (Å²) in [5.41, 5.74) is 0. The SMILES string of the molecule is O=C(O)C1CCC(c2nnc(C3CCN(C4CCNCC4)CC3)s2)CC1. The lowest BCUT2D eigenvalue weighted by Gasteiger charge is -2.39. The summed E-state index contributed by atoms with van der Waals surface area (Å²) in [4.78, 5) is 13.8. The number of aromatic nitrogens is 2. The van der Waals surface area contributed by atoms with Gasteiger partial charge in [0.15, 0.2) is 0 Å². The molecule has 0 bridgehead atoms. The largest absolute Gasteiger partial charge is 0.481 e. The van der Waals surface area contributed by atoms with E-state index >= 15 is 0 Å². The first-order valence-corrected chi connectivity index (χ1v) is 11.0. The van der Waals surface area contributed by atoms with Crippen LogP contribution in [0.3, 0.4) is 0 Å². The average molecular weight is 379 g/mol. The number of rotatable bonds is 4. The maximum Gasteiger partial charge on any atom is 0.306 e. The molecule has 2 saturated heterocycles. The topological polar surface area (TPSA) is 78.3 Å². The first-order chi connectivity index (χ1) is 12.7. The standard InChI is InChI=1S/C19H30N4O2S/c24-19(25)15-3-1-13(2-4-15)17-21-22-18(26-17)14-7-11-23(12-8-14)16-5-9-20-10-6-16/h13-16,20H,1-12H2,(H,24,25). The van der Waals surface area contributed by atoms with Gasteiger partial charge in [-0.15, -0.1) is 21.5 Å². The third-order valence-electron chi connectivity index (χ3n) is 6.59. The second-order valence-corrected chi connectivity index (χ2v) is 9.20. The van der Waals surface area contributed by atoms with Crippen LogP contribution < -0.4 is 5.32 Å². The van der Waals surface area contributed by atoms with Crippen LogP contribution in [0.25, 0.3) is 0 Å². The summed E-state index contributed by atoms with van der Waals surface area (Å²) < 4.78 is 0. The highest BCUT2D eigenvalue weighted by atomic mass is 32.1. The Labute approximate surface area is 159 Å². The van der Waals surface area contributed by atoms with Crippen LogP contribution in [0, 0.1) is 5.92 Å². The van der Waals surface area contributed by atoms with E-state index in [-0.39, 0.29) is 5.92 Å². The number of aliphatic carboxylic acids is 1. The molecule has 3 fully saturated rings. The van der Waals surface area contributed by atoms with Crippen molar-refractivity contribution in [3.8, 4) is 0 Å². The van der Waals surface area contributed by atoms with Gasteiger partial charge in [0, 0.05) is 17.9 Å². The van der Waals surface area contributed by atoms with Crippen molar-refractivity contribution < 1.29 is 9.90 Å². The molecule has 1 aromatic rings. The molecule has 1 aliphatic carbocycles. The smallest absolute Gasteiger partial charge is 0.306 e. The number of nitrogens with one attached hydrogen (secondary N) is 1. The Hall–Kier alpha value is -1.05. The number of carbonyl (C=O) groups is 1. The van der Waals surface area contributed by atoms with Crippen molar-refractivity contribution >= 4 is 17.3 Å². The molecule has 7 heteroatoms. The molecule has 144 valence electrons. The van der Waals surface area contributed by atoms with E-state index in [1.807, 2.05) is 0 Å². The van der Waals surface area contributed by atoms with Crippen LogP contribution in [0.1, 0.15) is 73.2 Å². The first kappa shape index (κ1) is 18.3. The van der Waals surface area contributed by atoms with Crippen LogP contribution in [-0.4, -0.2) is 58.4 Å². The summed E-state index contributed by atoms with van der Waals surface area (Å²) in [5.74, 6) is 0.195. The van der Waals surface area contributed by atoms with Crippen LogP contribution >= 0.6 is 11.3 Å². The lowest BCUT2D eigenvalue weighted by molar-refractivity contribution is -0.142. The average Bonchev–Trinajstić information content (AvgIpc) is 3.19. The Balaban J connectivity index is 1.29. The predicted octanol–water partition coefficient (Wildman–Crippen LogP) is 2.83. The summed E-state index contributed by atoms with van der Waals surface area (Å²) in [6, 6.07) is 0.770. The first-order valence-electron chi connectivity index (χ1n) is 10.2. The van der Waals surface area contributed by atoms with Gasteiger partial charge < -0.3 is 15.3 Å². The van der Waals surface area contributed by atoms with Gasteiger partial charge in [-0.05, 0) is 77.5 Å². The van der Waals surface area contributed by atoms with Gasteiger partial charge in [0.2, 0.25) is 0 Å². The minimum Gasteiger partial charge on any atom is -0.481 e. The molecule has 1 saturated carbocycles. The summed E-state index contributed by atoms with van der Waals surface area (Å²) in [7, 11) is 0. The third-order valence-corrected chi connectivity index (χ3v) is 7.83. The normalized spacial score (nSPS) is 29.7. The fourth-order valence-electron chi connectivity index (χ4n) is 4.85. The molecule has 2 aliphatic heterocycles. The quantitative estimate of drug-likeness (QED) is 0.839. The predicted molar refractivity (Wildman–Crippen MR) is 102 cm³/mol. The molecule has 6 nitrogen and oxygen atoms in total. The molecule has 0 amide bonds. The number of likely N-dealkylation sites (tertiary alicyclic amines) is 1. The highest BCUT2D eigenvalue weighted by molar-refractivity contribution is 7.11. The number of hydrogen-bond donors (Lipinski definition) is 2. The van der Waals surface area contributed by atoms with Gasteiger partial charge in [-0.1, -0.05) is 0 Å². The molecule has 0 radical (unpaired) electrons. The molecule has 1 aromatic heterocycles. The van der Waals surface area contributed by atoms with Crippen molar-refractivity contribution in [1.29, 1.82) is 0 Å². The van der Waals surface area contributed by atoms with Crippen LogP contribution in [0.15, 0.2) is 0 Å². The Morgan fingerprint density at radius 3 is 2.08 bits per heavy atom. The van der Waals surface area contributed by atoms with Crippen LogP contribution in [-0.2, 0) is 4.79 Å². The van der Waals surface area contributed by atoms with Crippen molar-refractivity contribution in [2.24, 2.45) is 5.92 Å².